The van der Waals surface area contributed by atoms with Crippen LogP contribution in [0.2, 0.25) is 0 Å². The van der Waals surface area contributed by atoms with E-state index in [1.807, 2.05) is 63.2 Å². The van der Waals surface area contributed by atoms with Crippen molar-refractivity contribution in [1.82, 2.24) is 4.72 Å². The van der Waals surface area contributed by atoms with Gasteiger partial charge < -0.3 is 0 Å². The summed E-state index contributed by atoms with van der Waals surface area (Å²) in [5.74, 6) is 0. The molecule has 0 amide bonds. The molecule has 0 unspecified atom stereocenters. The van der Waals surface area contributed by atoms with Gasteiger partial charge in [0.05, 0.1) is 4.90 Å². The maximum absolute atomic E-state index is 12.5. The average Bonchev–Trinajstić information content (AvgIpc) is 2.37. The molecule has 0 heterocycles. The minimum atomic E-state index is -3.55. The minimum absolute atomic E-state index is 0.307. The van der Waals surface area contributed by atoms with Gasteiger partial charge in [0, 0.05) is 11.1 Å². The Bertz CT molecular complexity index is 686. The zero-order valence-corrected chi connectivity index (χ0v) is 12.7. The van der Waals surface area contributed by atoms with E-state index in [9.17, 15) is 8.42 Å². The molecule has 0 spiro atoms. The molecule has 0 saturated carbocycles. The Morgan fingerprint density at radius 3 is 2.00 bits per heavy atom. The predicted molar refractivity (Wildman–Crippen MR) is 82.0 cm³/mol. The van der Waals surface area contributed by atoms with E-state index < -0.39 is 15.6 Å². The second-order valence-electron chi connectivity index (χ2n) is 5.72. The molecule has 2 aromatic rings. The van der Waals surface area contributed by atoms with E-state index in [2.05, 4.69) is 4.72 Å². The maximum atomic E-state index is 12.5. The quantitative estimate of drug-likeness (QED) is 0.941. The molecule has 0 radical (unpaired) electrons. The van der Waals surface area contributed by atoms with Crippen molar-refractivity contribution in [2.45, 2.75) is 31.2 Å². The first kappa shape index (κ1) is 14.8. The number of hydrogen-bond donors (Lipinski definition) is 1. The molecule has 0 aliphatic carbocycles. The van der Waals surface area contributed by atoms with Crippen molar-refractivity contribution in [2.75, 3.05) is 0 Å². The van der Waals surface area contributed by atoms with Crippen LogP contribution in [0.4, 0.5) is 0 Å². The molecule has 106 valence electrons. The van der Waals surface area contributed by atoms with Gasteiger partial charge in [-0.1, -0.05) is 48.5 Å². The van der Waals surface area contributed by atoms with Gasteiger partial charge in [-0.2, -0.15) is 0 Å². The Morgan fingerprint density at radius 2 is 1.40 bits per heavy atom. The molecule has 0 aliphatic heterocycles. The lowest BCUT2D eigenvalue weighted by Gasteiger charge is -2.21. The first-order valence-corrected chi connectivity index (χ1v) is 7.96. The summed E-state index contributed by atoms with van der Waals surface area (Å²) in [5, 5.41) is 0. The lowest BCUT2D eigenvalue weighted by Crippen LogP contribution is -2.40. The first-order chi connectivity index (χ1) is 9.30. The summed E-state index contributed by atoms with van der Waals surface area (Å²) in [6.45, 7) is 5.49. The largest absolute Gasteiger partial charge is 0.241 e. The fraction of sp³-hybridized carbons (Fsp3) is 0.250. The summed E-state index contributed by atoms with van der Waals surface area (Å²) in [6, 6.07) is 16.6. The van der Waals surface area contributed by atoms with E-state index in [0.29, 0.717) is 10.5 Å². The molecule has 2 aromatic carbocycles. The molecule has 0 saturated heterocycles. The number of sulfonamides is 1. The number of benzene rings is 2. The molecule has 3 nitrogen and oxygen atoms in total. The normalized spacial score (nSPS) is 12.3. The second-order valence-corrected chi connectivity index (χ2v) is 7.37. The Kier molecular flexibility index (Phi) is 3.97. The van der Waals surface area contributed by atoms with Crippen LogP contribution in [-0.2, 0) is 10.0 Å². The highest BCUT2D eigenvalue weighted by molar-refractivity contribution is 7.89. The third-order valence-corrected chi connectivity index (χ3v) is 4.52. The molecule has 0 aliphatic rings. The van der Waals surface area contributed by atoms with E-state index >= 15 is 0 Å². The van der Waals surface area contributed by atoms with Gasteiger partial charge in [0.25, 0.3) is 0 Å². The number of rotatable bonds is 3. The predicted octanol–water partition coefficient (Wildman–Crippen LogP) is 3.43. The fourth-order valence-corrected chi connectivity index (χ4v) is 3.66. The first-order valence-electron chi connectivity index (χ1n) is 6.48. The van der Waals surface area contributed by atoms with Crippen molar-refractivity contribution >= 4 is 10.0 Å². The Labute approximate surface area is 120 Å². The van der Waals surface area contributed by atoms with Crippen molar-refractivity contribution in [3.8, 4) is 11.1 Å². The van der Waals surface area contributed by atoms with Crippen LogP contribution in [0, 0.1) is 0 Å². The summed E-state index contributed by atoms with van der Waals surface area (Å²) >= 11 is 0. The van der Waals surface area contributed by atoms with E-state index in [0.717, 1.165) is 5.56 Å². The van der Waals surface area contributed by atoms with Crippen molar-refractivity contribution < 1.29 is 8.42 Å². The van der Waals surface area contributed by atoms with Crippen molar-refractivity contribution in [1.29, 1.82) is 0 Å². The summed E-state index contributed by atoms with van der Waals surface area (Å²) in [6.07, 6.45) is 0. The van der Waals surface area contributed by atoms with Crippen LogP contribution in [0.25, 0.3) is 11.1 Å². The third-order valence-electron chi connectivity index (χ3n) is 2.70. The van der Waals surface area contributed by atoms with Crippen LogP contribution < -0.4 is 4.72 Å². The Morgan fingerprint density at radius 1 is 0.850 bits per heavy atom. The van der Waals surface area contributed by atoms with Gasteiger partial charge in [0.1, 0.15) is 0 Å². The average molecular weight is 289 g/mol. The van der Waals surface area contributed by atoms with Gasteiger partial charge in [0.15, 0.2) is 0 Å². The van der Waals surface area contributed by atoms with Crippen LogP contribution in [0.5, 0.6) is 0 Å². The van der Waals surface area contributed by atoms with E-state index in [1.54, 1.807) is 12.1 Å². The van der Waals surface area contributed by atoms with Gasteiger partial charge in [-0.05, 0) is 32.4 Å². The van der Waals surface area contributed by atoms with Gasteiger partial charge in [0.2, 0.25) is 10.0 Å². The Hall–Kier alpha value is -1.65. The minimum Gasteiger partial charge on any atom is -0.207 e. The molecule has 0 aromatic heterocycles. The third kappa shape index (κ3) is 3.46. The second kappa shape index (κ2) is 5.38. The van der Waals surface area contributed by atoms with Crippen LogP contribution in [0.1, 0.15) is 20.8 Å². The fourth-order valence-electron chi connectivity index (χ4n) is 2.02. The maximum Gasteiger partial charge on any atom is 0.241 e. The summed E-state index contributed by atoms with van der Waals surface area (Å²) < 4.78 is 27.8. The van der Waals surface area contributed by atoms with Gasteiger partial charge in [-0.25, -0.2) is 13.1 Å². The molecule has 4 heteroatoms. The van der Waals surface area contributed by atoms with Crippen LogP contribution >= 0.6 is 0 Å². The van der Waals surface area contributed by atoms with E-state index in [1.165, 1.54) is 0 Å². The summed E-state index contributed by atoms with van der Waals surface area (Å²) in [5.41, 5.74) is 1.09. The summed E-state index contributed by atoms with van der Waals surface area (Å²) in [7, 11) is -3.55. The van der Waals surface area contributed by atoms with Gasteiger partial charge in [-0.15, -0.1) is 0 Å². The van der Waals surface area contributed by atoms with Crippen LogP contribution in [0.15, 0.2) is 59.5 Å². The molecular weight excluding hydrogens is 270 g/mol. The van der Waals surface area contributed by atoms with Crippen molar-refractivity contribution in [3.05, 3.63) is 54.6 Å². The van der Waals surface area contributed by atoms with E-state index in [4.69, 9.17) is 0 Å². The van der Waals surface area contributed by atoms with Crippen LogP contribution in [0.3, 0.4) is 0 Å². The zero-order valence-electron chi connectivity index (χ0n) is 11.9. The van der Waals surface area contributed by atoms with Crippen molar-refractivity contribution in [2.24, 2.45) is 0 Å². The van der Waals surface area contributed by atoms with Gasteiger partial charge in [-0.3, -0.25) is 0 Å². The Balaban J connectivity index is 2.54. The molecular formula is C16H19NO2S. The van der Waals surface area contributed by atoms with Crippen molar-refractivity contribution in [3.63, 3.8) is 0 Å². The van der Waals surface area contributed by atoms with E-state index in [-0.39, 0.29) is 0 Å². The highest BCUT2D eigenvalue weighted by Crippen LogP contribution is 2.27. The molecule has 0 atom stereocenters. The SMILES string of the molecule is CC(C)(C)NS(=O)(=O)c1ccccc1-c1ccccc1. The molecule has 2 rings (SSSR count). The molecule has 0 fully saturated rings. The standard InChI is InChI=1S/C16H19NO2S/c1-16(2,3)17-20(18,19)15-12-8-7-11-14(15)13-9-5-4-6-10-13/h4-12,17H,1-3H3. The highest BCUT2D eigenvalue weighted by Gasteiger charge is 2.24. The summed E-state index contributed by atoms with van der Waals surface area (Å²) in [4.78, 5) is 0.307. The molecule has 20 heavy (non-hydrogen) atoms. The van der Waals surface area contributed by atoms with Crippen LogP contribution in [-0.4, -0.2) is 14.0 Å². The van der Waals surface area contributed by atoms with Gasteiger partial charge >= 0.3 is 0 Å². The topological polar surface area (TPSA) is 46.2 Å². The molecule has 1 N–H and O–H groups in total. The smallest absolute Gasteiger partial charge is 0.207 e. The molecule has 0 bridgehead atoms. The zero-order chi connectivity index (χ0) is 14.8. The lowest BCUT2D eigenvalue weighted by atomic mass is 10.1. The number of nitrogens with one attached hydrogen (secondary N) is 1. The highest BCUT2D eigenvalue weighted by atomic mass is 32.2. The monoisotopic (exact) mass is 289 g/mol. The lowest BCUT2D eigenvalue weighted by molar-refractivity contribution is 0.491. The number of hydrogen-bond acceptors (Lipinski definition) is 2.